The molecule has 4 nitrogen and oxygen atoms in total. The number of rotatable bonds is 5. The van der Waals surface area contributed by atoms with Gasteiger partial charge in [0.2, 0.25) is 11.8 Å². The fraction of sp³-hybridized carbons (Fsp3) is 0.467. The maximum absolute atomic E-state index is 12.0. The fourth-order valence-corrected chi connectivity index (χ4v) is 2.55. The van der Waals surface area contributed by atoms with Gasteiger partial charge in [-0.25, -0.2) is 0 Å². The monoisotopic (exact) mass is 294 g/mol. The van der Waals surface area contributed by atoms with E-state index < -0.39 is 0 Å². The largest absolute Gasteiger partial charge is 0.352 e. The molecule has 0 saturated heterocycles. The van der Waals surface area contributed by atoms with E-state index in [1.54, 1.807) is 0 Å². The molecule has 2 rings (SSSR count). The van der Waals surface area contributed by atoms with Crippen LogP contribution in [0.1, 0.15) is 31.7 Å². The lowest BCUT2D eigenvalue weighted by molar-refractivity contribution is -0.127. The highest BCUT2D eigenvalue weighted by molar-refractivity contribution is 6.31. The number of hydrogen-bond acceptors (Lipinski definition) is 2. The molecular weight excluding hydrogens is 276 g/mol. The van der Waals surface area contributed by atoms with Crippen molar-refractivity contribution in [3.8, 4) is 0 Å². The molecule has 2 amide bonds. The van der Waals surface area contributed by atoms with Gasteiger partial charge in [0, 0.05) is 17.0 Å². The summed E-state index contributed by atoms with van der Waals surface area (Å²) < 4.78 is 0. The number of amides is 2. The van der Waals surface area contributed by atoms with Crippen LogP contribution < -0.4 is 10.6 Å². The maximum Gasteiger partial charge on any atom is 0.239 e. The Morgan fingerprint density at radius 1 is 1.35 bits per heavy atom. The summed E-state index contributed by atoms with van der Waals surface area (Å²) in [5.74, 6) is -0.129. The number of nitrogens with one attached hydrogen (secondary N) is 2. The summed E-state index contributed by atoms with van der Waals surface area (Å²) >= 11 is 6.12. The first-order valence-corrected chi connectivity index (χ1v) is 7.18. The minimum atomic E-state index is -0.164. The molecule has 2 unspecified atom stereocenters. The zero-order chi connectivity index (χ0) is 14.7. The highest BCUT2D eigenvalue weighted by Crippen LogP contribution is 2.49. The van der Waals surface area contributed by atoms with E-state index in [0.717, 1.165) is 12.0 Å². The number of hydrogen-bond donors (Lipinski definition) is 2. The van der Waals surface area contributed by atoms with Gasteiger partial charge in [0.15, 0.2) is 0 Å². The summed E-state index contributed by atoms with van der Waals surface area (Å²) in [5, 5.41) is 6.11. The summed E-state index contributed by atoms with van der Waals surface area (Å²) in [6, 6.07) is 7.66. The van der Waals surface area contributed by atoms with Gasteiger partial charge in [0.25, 0.3) is 0 Å². The van der Waals surface area contributed by atoms with Gasteiger partial charge >= 0.3 is 0 Å². The fourth-order valence-electron chi connectivity index (χ4n) is 2.28. The number of carbonyl (C=O) groups excluding carboxylic acids is 2. The van der Waals surface area contributed by atoms with Crippen molar-refractivity contribution in [3.05, 3.63) is 34.9 Å². The quantitative estimate of drug-likeness (QED) is 0.873. The Labute approximate surface area is 123 Å². The van der Waals surface area contributed by atoms with Crippen LogP contribution in [0, 0.1) is 5.92 Å². The van der Waals surface area contributed by atoms with Gasteiger partial charge in [0.05, 0.1) is 6.54 Å². The van der Waals surface area contributed by atoms with Crippen molar-refractivity contribution in [1.29, 1.82) is 0 Å². The predicted molar refractivity (Wildman–Crippen MR) is 78.6 cm³/mol. The van der Waals surface area contributed by atoms with E-state index in [2.05, 4.69) is 10.6 Å². The lowest BCUT2D eigenvalue weighted by Gasteiger charge is -2.09. The van der Waals surface area contributed by atoms with Crippen molar-refractivity contribution >= 4 is 23.4 Å². The van der Waals surface area contributed by atoms with Crippen molar-refractivity contribution in [1.82, 2.24) is 10.6 Å². The first-order chi connectivity index (χ1) is 9.49. The van der Waals surface area contributed by atoms with Crippen LogP contribution in [0.2, 0.25) is 5.02 Å². The Bertz CT molecular complexity index is 516. The Morgan fingerprint density at radius 2 is 2.05 bits per heavy atom. The van der Waals surface area contributed by atoms with Crippen LogP contribution in [-0.2, 0) is 9.59 Å². The van der Waals surface area contributed by atoms with Crippen LogP contribution in [-0.4, -0.2) is 24.4 Å². The molecule has 1 aliphatic rings. The molecule has 0 spiro atoms. The van der Waals surface area contributed by atoms with Crippen LogP contribution in [0.4, 0.5) is 0 Å². The van der Waals surface area contributed by atoms with Gasteiger partial charge in [-0.15, -0.1) is 0 Å². The van der Waals surface area contributed by atoms with Crippen LogP contribution >= 0.6 is 11.6 Å². The lowest BCUT2D eigenvalue weighted by atomic mass is 10.1. The van der Waals surface area contributed by atoms with Gasteiger partial charge in [-0.3, -0.25) is 9.59 Å². The predicted octanol–water partition coefficient (Wildman–Crippen LogP) is 2.08. The lowest BCUT2D eigenvalue weighted by Crippen LogP contribution is -2.40. The summed E-state index contributed by atoms with van der Waals surface area (Å²) in [6.45, 7) is 3.80. The summed E-state index contributed by atoms with van der Waals surface area (Å²) in [5.41, 5.74) is 1.01. The Hall–Kier alpha value is -1.55. The van der Waals surface area contributed by atoms with Crippen LogP contribution in [0.5, 0.6) is 0 Å². The molecule has 108 valence electrons. The molecular formula is C15H19ClN2O2. The molecule has 1 saturated carbocycles. The van der Waals surface area contributed by atoms with Gasteiger partial charge in [-0.2, -0.15) is 0 Å². The molecule has 5 heteroatoms. The maximum atomic E-state index is 12.0. The standard InChI is InChI=1S/C15H19ClN2O2/c1-9(2)18-14(19)8-17-15(20)12-7-11(12)10-5-3-4-6-13(10)16/h3-6,9,11-12H,7-8H2,1-2H3,(H,17,20)(H,18,19). The molecule has 0 aromatic heterocycles. The summed E-state index contributed by atoms with van der Waals surface area (Å²) in [7, 11) is 0. The van der Waals surface area contributed by atoms with Gasteiger partial charge in [0.1, 0.15) is 0 Å². The molecule has 0 aliphatic heterocycles. The molecule has 1 aliphatic carbocycles. The van der Waals surface area contributed by atoms with E-state index >= 15 is 0 Å². The molecule has 0 radical (unpaired) electrons. The van der Waals surface area contributed by atoms with Crippen molar-refractivity contribution in [2.75, 3.05) is 6.54 Å². The van der Waals surface area contributed by atoms with E-state index in [-0.39, 0.29) is 36.2 Å². The number of halogens is 1. The molecule has 0 bridgehead atoms. The van der Waals surface area contributed by atoms with E-state index in [0.29, 0.717) is 5.02 Å². The summed E-state index contributed by atoms with van der Waals surface area (Å²) in [4.78, 5) is 23.4. The van der Waals surface area contributed by atoms with E-state index in [9.17, 15) is 9.59 Å². The van der Waals surface area contributed by atoms with Crippen LogP contribution in [0.3, 0.4) is 0 Å². The summed E-state index contributed by atoms with van der Waals surface area (Å²) in [6.07, 6.45) is 0.793. The Kier molecular flexibility index (Phi) is 4.65. The second-order valence-electron chi connectivity index (χ2n) is 5.41. The highest BCUT2D eigenvalue weighted by atomic mass is 35.5. The SMILES string of the molecule is CC(C)NC(=O)CNC(=O)C1CC1c1ccccc1Cl. The normalized spacial score (nSPS) is 20.6. The van der Waals surface area contributed by atoms with Crippen LogP contribution in [0.15, 0.2) is 24.3 Å². The van der Waals surface area contributed by atoms with Crippen molar-refractivity contribution in [2.45, 2.75) is 32.2 Å². The van der Waals surface area contributed by atoms with E-state index in [1.165, 1.54) is 0 Å². The third kappa shape index (κ3) is 3.73. The Morgan fingerprint density at radius 3 is 2.70 bits per heavy atom. The minimum Gasteiger partial charge on any atom is -0.352 e. The average Bonchev–Trinajstić information content (AvgIpc) is 3.16. The molecule has 1 aromatic carbocycles. The van der Waals surface area contributed by atoms with Gasteiger partial charge in [-0.1, -0.05) is 29.8 Å². The second-order valence-corrected chi connectivity index (χ2v) is 5.82. The number of benzene rings is 1. The zero-order valence-electron chi connectivity index (χ0n) is 11.7. The third-order valence-electron chi connectivity index (χ3n) is 3.30. The minimum absolute atomic E-state index is 0.0305. The molecule has 20 heavy (non-hydrogen) atoms. The number of carbonyl (C=O) groups is 2. The van der Waals surface area contributed by atoms with Crippen molar-refractivity contribution < 1.29 is 9.59 Å². The van der Waals surface area contributed by atoms with Crippen molar-refractivity contribution in [3.63, 3.8) is 0 Å². The molecule has 2 N–H and O–H groups in total. The smallest absolute Gasteiger partial charge is 0.239 e. The molecule has 1 fully saturated rings. The second kappa shape index (κ2) is 6.27. The van der Waals surface area contributed by atoms with Gasteiger partial charge < -0.3 is 10.6 Å². The molecule has 2 atom stereocenters. The Balaban J connectivity index is 1.82. The first kappa shape index (κ1) is 14.9. The van der Waals surface area contributed by atoms with Crippen molar-refractivity contribution in [2.24, 2.45) is 5.92 Å². The highest BCUT2D eigenvalue weighted by Gasteiger charge is 2.44. The van der Waals surface area contributed by atoms with Gasteiger partial charge in [-0.05, 0) is 37.8 Å². The first-order valence-electron chi connectivity index (χ1n) is 6.80. The average molecular weight is 295 g/mol. The van der Waals surface area contributed by atoms with Crippen LogP contribution in [0.25, 0.3) is 0 Å². The topological polar surface area (TPSA) is 58.2 Å². The zero-order valence-corrected chi connectivity index (χ0v) is 12.4. The van der Waals surface area contributed by atoms with E-state index in [4.69, 9.17) is 11.6 Å². The molecule has 0 heterocycles. The van der Waals surface area contributed by atoms with E-state index in [1.807, 2.05) is 38.1 Å². The molecule has 1 aromatic rings. The third-order valence-corrected chi connectivity index (χ3v) is 3.65.